The summed E-state index contributed by atoms with van der Waals surface area (Å²) in [6.07, 6.45) is -2.58. The molecule has 2 heterocycles. The third-order valence-corrected chi connectivity index (χ3v) is 3.37. The van der Waals surface area contributed by atoms with Crippen molar-refractivity contribution < 1.29 is 25.8 Å². The van der Waals surface area contributed by atoms with Gasteiger partial charge >= 0.3 is 6.18 Å². The molecular weight excluding hydrogens is 365 g/mol. The van der Waals surface area contributed by atoms with Gasteiger partial charge in [-0.2, -0.15) is 21.6 Å². The zero-order valence-corrected chi connectivity index (χ0v) is 12.4. The summed E-state index contributed by atoms with van der Waals surface area (Å²) in [6, 6.07) is 2.91. The van der Waals surface area contributed by atoms with E-state index in [0.29, 0.717) is 4.47 Å². The second kappa shape index (κ2) is 5.01. The fourth-order valence-electron chi connectivity index (χ4n) is 1.60. The van der Waals surface area contributed by atoms with Crippen molar-refractivity contribution >= 4 is 31.7 Å². The molecule has 0 amide bonds. The second-order valence-corrected chi connectivity index (χ2v) is 6.51. The number of imidazole rings is 1. The molecule has 0 aromatic carbocycles. The van der Waals surface area contributed by atoms with Gasteiger partial charge in [0.1, 0.15) is 12.3 Å². The molecule has 5 nitrogen and oxygen atoms in total. The number of halogens is 4. The Morgan fingerprint density at radius 1 is 1.40 bits per heavy atom. The maximum Gasteiger partial charge on any atom is 0.435 e. The van der Waals surface area contributed by atoms with Crippen LogP contribution in [-0.2, 0) is 27.1 Å². The van der Waals surface area contributed by atoms with Crippen molar-refractivity contribution in [3.8, 4) is 0 Å². The third kappa shape index (κ3) is 3.30. The standard InChI is InChI=1S/C10H8BrF3N2O3S/c1-20(17,18)19-5-7-9(10(12,13)14)15-8-3-2-6(11)4-16(7)8/h2-4H,5H2,1H3. The Bertz CT molecular complexity index is 755. The summed E-state index contributed by atoms with van der Waals surface area (Å²) in [5.41, 5.74) is -1.49. The molecule has 0 aliphatic heterocycles. The SMILES string of the molecule is CS(=O)(=O)OCc1c(C(F)(F)F)nc2ccc(Br)cn12. The zero-order chi connectivity index (χ0) is 15.1. The van der Waals surface area contributed by atoms with E-state index in [1.54, 1.807) is 0 Å². The van der Waals surface area contributed by atoms with E-state index in [4.69, 9.17) is 0 Å². The molecule has 0 unspecified atom stereocenters. The second-order valence-electron chi connectivity index (χ2n) is 3.95. The van der Waals surface area contributed by atoms with E-state index in [1.807, 2.05) is 0 Å². The highest BCUT2D eigenvalue weighted by Gasteiger charge is 2.38. The van der Waals surface area contributed by atoms with Gasteiger partial charge in [-0.15, -0.1) is 0 Å². The zero-order valence-electron chi connectivity index (χ0n) is 9.98. The van der Waals surface area contributed by atoms with Gasteiger partial charge in [-0.3, -0.25) is 8.58 Å². The summed E-state index contributed by atoms with van der Waals surface area (Å²) in [5, 5.41) is 0. The van der Waals surface area contributed by atoms with E-state index >= 15 is 0 Å². The summed E-state index contributed by atoms with van der Waals surface area (Å²) >= 11 is 3.13. The summed E-state index contributed by atoms with van der Waals surface area (Å²) in [4.78, 5) is 3.47. The average Bonchev–Trinajstić information content (AvgIpc) is 2.63. The highest BCUT2D eigenvalue weighted by Crippen LogP contribution is 2.32. The Morgan fingerprint density at radius 3 is 2.60 bits per heavy atom. The molecular formula is C10H8BrF3N2O3S. The van der Waals surface area contributed by atoms with Gasteiger partial charge in [-0.05, 0) is 28.1 Å². The molecule has 20 heavy (non-hydrogen) atoms. The van der Waals surface area contributed by atoms with Crippen LogP contribution in [0.5, 0.6) is 0 Å². The Kier molecular flexibility index (Phi) is 3.82. The molecule has 0 radical (unpaired) electrons. The van der Waals surface area contributed by atoms with Crippen LogP contribution < -0.4 is 0 Å². The average molecular weight is 373 g/mol. The minimum Gasteiger partial charge on any atom is -0.300 e. The van der Waals surface area contributed by atoms with Gasteiger partial charge in [0, 0.05) is 10.7 Å². The van der Waals surface area contributed by atoms with Crippen LogP contribution >= 0.6 is 15.9 Å². The van der Waals surface area contributed by atoms with Crippen molar-refractivity contribution in [2.75, 3.05) is 6.26 Å². The fourth-order valence-corrected chi connectivity index (χ4v) is 2.26. The maximum absolute atomic E-state index is 12.9. The molecule has 2 aromatic rings. The van der Waals surface area contributed by atoms with Gasteiger partial charge in [0.15, 0.2) is 5.69 Å². The maximum atomic E-state index is 12.9. The van der Waals surface area contributed by atoms with Crippen molar-refractivity contribution in [2.45, 2.75) is 12.8 Å². The Hall–Kier alpha value is -1.13. The van der Waals surface area contributed by atoms with Crippen LogP contribution in [0, 0.1) is 0 Å². The van der Waals surface area contributed by atoms with E-state index in [-0.39, 0.29) is 11.3 Å². The number of alkyl halides is 3. The quantitative estimate of drug-likeness (QED) is 0.777. The molecule has 110 valence electrons. The molecule has 0 spiro atoms. The minimum absolute atomic E-state index is 0.0487. The molecule has 0 atom stereocenters. The van der Waals surface area contributed by atoms with Crippen LogP contribution in [0.4, 0.5) is 13.2 Å². The molecule has 2 rings (SSSR count). The number of hydrogen-bond acceptors (Lipinski definition) is 4. The smallest absolute Gasteiger partial charge is 0.300 e. The molecule has 0 saturated carbocycles. The molecule has 0 aliphatic carbocycles. The van der Waals surface area contributed by atoms with E-state index in [9.17, 15) is 21.6 Å². The number of nitrogens with zero attached hydrogens (tertiary/aromatic N) is 2. The number of pyridine rings is 1. The summed E-state index contributed by atoms with van der Waals surface area (Å²) in [7, 11) is -3.86. The van der Waals surface area contributed by atoms with Gasteiger partial charge in [0.05, 0.1) is 11.9 Å². The first-order valence-corrected chi connectivity index (χ1v) is 7.77. The number of aromatic nitrogens is 2. The van der Waals surface area contributed by atoms with E-state index in [0.717, 1.165) is 10.7 Å². The Balaban J connectivity index is 2.60. The third-order valence-electron chi connectivity index (χ3n) is 2.36. The molecule has 0 saturated heterocycles. The van der Waals surface area contributed by atoms with Crippen LogP contribution in [0.1, 0.15) is 11.4 Å². The molecule has 0 aliphatic rings. The van der Waals surface area contributed by atoms with Crippen molar-refractivity contribution in [2.24, 2.45) is 0 Å². The summed E-state index contributed by atoms with van der Waals surface area (Å²) in [5.74, 6) is 0. The highest BCUT2D eigenvalue weighted by molar-refractivity contribution is 9.10. The Morgan fingerprint density at radius 2 is 2.05 bits per heavy atom. The van der Waals surface area contributed by atoms with Gasteiger partial charge < -0.3 is 0 Å². The van der Waals surface area contributed by atoms with Crippen LogP contribution in [0.15, 0.2) is 22.8 Å². The first kappa shape index (κ1) is 15.3. The Labute approximate surface area is 120 Å². The van der Waals surface area contributed by atoms with Crippen molar-refractivity contribution in [1.82, 2.24) is 9.38 Å². The van der Waals surface area contributed by atoms with E-state index in [1.165, 1.54) is 18.3 Å². The monoisotopic (exact) mass is 372 g/mol. The first-order valence-electron chi connectivity index (χ1n) is 5.16. The van der Waals surface area contributed by atoms with Crippen molar-refractivity contribution in [1.29, 1.82) is 0 Å². The van der Waals surface area contributed by atoms with Gasteiger partial charge in [0.25, 0.3) is 10.1 Å². The molecule has 0 bridgehead atoms. The number of rotatable bonds is 3. The van der Waals surface area contributed by atoms with Crippen molar-refractivity contribution in [3.63, 3.8) is 0 Å². The summed E-state index contributed by atoms with van der Waals surface area (Å²) in [6.45, 7) is -0.745. The van der Waals surface area contributed by atoms with Crippen LogP contribution in [0.3, 0.4) is 0 Å². The summed E-state index contributed by atoms with van der Waals surface area (Å²) < 4.78 is 66.8. The van der Waals surface area contributed by atoms with E-state index in [2.05, 4.69) is 25.1 Å². The highest BCUT2D eigenvalue weighted by atomic mass is 79.9. The van der Waals surface area contributed by atoms with Crippen molar-refractivity contribution in [3.05, 3.63) is 34.2 Å². The van der Waals surface area contributed by atoms with Gasteiger partial charge in [-0.25, -0.2) is 4.98 Å². The molecule has 2 aromatic heterocycles. The number of fused-ring (bicyclic) bond motifs is 1. The fraction of sp³-hybridized carbons (Fsp3) is 0.300. The molecule has 10 heteroatoms. The lowest BCUT2D eigenvalue weighted by molar-refractivity contribution is -0.141. The molecule has 0 fully saturated rings. The number of hydrogen-bond donors (Lipinski definition) is 0. The molecule has 0 N–H and O–H groups in total. The van der Waals surface area contributed by atoms with Crippen LogP contribution in [0.2, 0.25) is 0 Å². The lowest BCUT2D eigenvalue weighted by Crippen LogP contribution is -2.12. The lowest BCUT2D eigenvalue weighted by atomic mass is 10.3. The minimum atomic E-state index is -4.70. The van der Waals surface area contributed by atoms with E-state index < -0.39 is 28.6 Å². The van der Waals surface area contributed by atoms with Gasteiger partial charge in [-0.1, -0.05) is 0 Å². The van der Waals surface area contributed by atoms with Crippen LogP contribution in [0.25, 0.3) is 5.65 Å². The first-order chi connectivity index (χ1) is 9.08. The predicted octanol–water partition coefficient (Wildman–Crippen LogP) is 2.59. The lowest BCUT2D eigenvalue weighted by Gasteiger charge is -2.07. The topological polar surface area (TPSA) is 60.7 Å². The van der Waals surface area contributed by atoms with Crippen LogP contribution in [-0.4, -0.2) is 24.1 Å². The predicted molar refractivity (Wildman–Crippen MR) is 67.5 cm³/mol. The normalized spacial score (nSPS) is 13.1. The largest absolute Gasteiger partial charge is 0.435 e. The van der Waals surface area contributed by atoms with Gasteiger partial charge in [0.2, 0.25) is 0 Å².